The van der Waals surface area contributed by atoms with Crippen LogP contribution in [0.15, 0.2) is 77.4 Å². The summed E-state index contributed by atoms with van der Waals surface area (Å²) in [5, 5.41) is 14.5. The number of ketones is 1. The molecule has 3 aromatic heterocycles. The Labute approximate surface area is 265 Å². The van der Waals surface area contributed by atoms with Crippen LogP contribution in [0.1, 0.15) is 75.5 Å². The van der Waals surface area contributed by atoms with Gasteiger partial charge < -0.3 is 0 Å². The molecule has 1 atom stereocenters. The number of carbonyl (C=O) groups excluding carboxylic acids is 2. The molecule has 0 aliphatic heterocycles. The fourth-order valence-corrected chi connectivity index (χ4v) is 6.87. The van der Waals surface area contributed by atoms with Crippen molar-refractivity contribution in [1.29, 1.82) is 0 Å². The van der Waals surface area contributed by atoms with Gasteiger partial charge in [-0.1, -0.05) is 73.1 Å². The number of amides is 1. The van der Waals surface area contributed by atoms with E-state index in [0.717, 1.165) is 36.3 Å². The lowest BCUT2D eigenvalue weighted by Crippen LogP contribution is -2.23. The van der Waals surface area contributed by atoms with Crippen LogP contribution in [0.2, 0.25) is 0 Å². The third-order valence-corrected chi connectivity index (χ3v) is 9.60. The van der Waals surface area contributed by atoms with E-state index in [1.54, 1.807) is 11.3 Å². The number of aromatic nitrogens is 5. The molecule has 0 bridgehead atoms. The van der Waals surface area contributed by atoms with Crippen molar-refractivity contribution in [3.05, 3.63) is 111 Å². The maximum atomic E-state index is 13.1. The topological polar surface area (TPSA) is 103 Å². The minimum absolute atomic E-state index is 0.0290. The number of nitrogens with one attached hydrogen (secondary N) is 1. The third kappa shape index (κ3) is 6.97. The fourth-order valence-electron chi connectivity index (χ4n) is 5.40. The predicted octanol–water partition coefficient (Wildman–Crippen LogP) is 7.00. The number of thioether (sulfide) groups is 1. The maximum absolute atomic E-state index is 13.1. The van der Waals surface area contributed by atoms with Gasteiger partial charge in [0.1, 0.15) is 5.82 Å². The first-order chi connectivity index (χ1) is 21.5. The van der Waals surface area contributed by atoms with Crippen LogP contribution < -0.4 is 5.32 Å². The number of carbonyl (C=O) groups is 2. The first kappa shape index (κ1) is 29.9. The number of aryl methyl sites for hydroxylation is 2. The van der Waals surface area contributed by atoms with E-state index in [9.17, 15) is 9.59 Å². The monoisotopic (exact) mass is 622 g/mol. The summed E-state index contributed by atoms with van der Waals surface area (Å²) in [6, 6.07) is 20.9. The minimum atomic E-state index is -0.253. The van der Waals surface area contributed by atoms with E-state index in [1.807, 2.05) is 17.6 Å². The lowest BCUT2D eigenvalue weighted by atomic mass is 9.82. The average molecular weight is 623 g/mol. The molecule has 8 nitrogen and oxygen atoms in total. The number of hydrogen-bond acceptors (Lipinski definition) is 8. The molecule has 1 amide bonds. The standard InChI is InChI=1S/C34H34N6O2S2/c1-3-4-6-23-10-14-26(15-11-23)40-31(19-27-7-5-16-43-27)38-39-34(40)44-21-32(42)37-33-35-20-28-29(36-33)17-25(18-30(28)41)24-12-8-22(2)9-13-24/h5,7-16,20,25H,3-4,6,17-19,21H2,1-2H3,(H,35,36,37,42)/t25-/m1/s1. The molecule has 224 valence electrons. The van der Waals surface area contributed by atoms with Gasteiger partial charge in [0.2, 0.25) is 11.9 Å². The van der Waals surface area contributed by atoms with Crippen molar-refractivity contribution in [2.75, 3.05) is 11.1 Å². The normalized spacial score (nSPS) is 14.4. The lowest BCUT2D eigenvalue weighted by Gasteiger charge is -2.23. The molecule has 0 spiro atoms. The molecule has 1 aliphatic rings. The molecule has 0 fully saturated rings. The number of unbranched alkanes of at least 4 members (excludes halogenated alkanes) is 1. The highest BCUT2D eigenvalue weighted by Gasteiger charge is 2.28. The van der Waals surface area contributed by atoms with E-state index in [4.69, 9.17) is 0 Å². The van der Waals surface area contributed by atoms with E-state index in [1.165, 1.54) is 34.0 Å². The van der Waals surface area contributed by atoms with Crippen LogP contribution in [0, 0.1) is 6.92 Å². The average Bonchev–Trinajstić information content (AvgIpc) is 3.69. The molecule has 2 aromatic carbocycles. The van der Waals surface area contributed by atoms with Gasteiger partial charge >= 0.3 is 0 Å². The predicted molar refractivity (Wildman–Crippen MR) is 175 cm³/mol. The van der Waals surface area contributed by atoms with Gasteiger partial charge in [-0.25, -0.2) is 9.97 Å². The van der Waals surface area contributed by atoms with Crippen LogP contribution in [0.3, 0.4) is 0 Å². The maximum Gasteiger partial charge on any atom is 0.237 e. The number of anilines is 1. The number of thiophene rings is 1. The van der Waals surface area contributed by atoms with Crippen molar-refractivity contribution in [2.45, 2.75) is 63.4 Å². The Bertz CT molecular complexity index is 1750. The molecule has 1 N–H and O–H groups in total. The molecule has 0 saturated heterocycles. The second kappa shape index (κ2) is 13.7. The zero-order valence-electron chi connectivity index (χ0n) is 24.8. The van der Waals surface area contributed by atoms with E-state index in [-0.39, 0.29) is 29.3 Å². The van der Waals surface area contributed by atoms with Gasteiger partial charge in [-0.05, 0) is 66.8 Å². The van der Waals surface area contributed by atoms with Crippen molar-refractivity contribution in [3.63, 3.8) is 0 Å². The molecule has 1 aliphatic carbocycles. The minimum Gasteiger partial charge on any atom is -0.294 e. The van der Waals surface area contributed by atoms with Crippen molar-refractivity contribution < 1.29 is 9.59 Å². The molecule has 44 heavy (non-hydrogen) atoms. The number of hydrogen-bond donors (Lipinski definition) is 1. The van der Waals surface area contributed by atoms with Crippen LogP contribution in [-0.2, 0) is 24.1 Å². The molecule has 6 rings (SSSR count). The first-order valence-corrected chi connectivity index (χ1v) is 16.8. The largest absolute Gasteiger partial charge is 0.294 e. The summed E-state index contributed by atoms with van der Waals surface area (Å²) < 4.78 is 2.04. The number of nitrogens with zero attached hydrogens (tertiary/aromatic N) is 5. The molecular formula is C34H34N6O2S2. The van der Waals surface area contributed by atoms with Crippen molar-refractivity contribution in [2.24, 2.45) is 0 Å². The van der Waals surface area contributed by atoms with Crippen LogP contribution in [-0.4, -0.2) is 42.2 Å². The van der Waals surface area contributed by atoms with E-state index < -0.39 is 0 Å². The highest BCUT2D eigenvalue weighted by Crippen LogP contribution is 2.32. The molecule has 0 unspecified atom stereocenters. The summed E-state index contributed by atoms with van der Waals surface area (Å²) >= 11 is 3.00. The third-order valence-electron chi connectivity index (χ3n) is 7.80. The van der Waals surface area contributed by atoms with Crippen LogP contribution in [0.4, 0.5) is 5.95 Å². The van der Waals surface area contributed by atoms with Crippen LogP contribution >= 0.6 is 23.1 Å². The van der Waals surface area contributed by atoms with Crippen molar-refractivity contribution in [1.82, 2.24) is 24.7 Å². The van der Waals surface area contributed by atoms with E-state index in [2.05, 4.69) is 92.4 Å². The van der Waals surface area contributed by atoms with E-state index in [0.29, 0.717) is 35.7 Å². The van der Waals surface area contributed by atoms with Crippen molar-refractivity contribution >= 4 is 40.7 Å². The lowest BCUT2D eigenvalue weighted by molar-refractivity contribution is -0.113. The van der Waals surface area contributed by atoms with Gasteiger partial charge in [0, 0.05) is 29.6 Å². The molecule has 0 saturated carbocycles. The quantitative estimate of drug-likeness (QED) is 0.158. The number of benzene rings is 2. The zero-order valence-corrected chi connectivity index (χ0v) is 26.5. The number of Topliss-reactive ketones (excluding diaryl/α,β-unsaturated/α-hetero) is 1. The van der Waals surface area contributed by atoms with Gasteiger partial charge in [0.25, 0.3) is 0 Å². The summed E-state index contributed by atoms with van der Waals surface area (Å²) in [5.41, 5.74) is 5.77. The second-order valence-corrected chi connectivity index (χ2v) is 13.1. The summed E-state index contributed by atoms with van der Waals surface area (Å²) in [6.07, 6.45) is 6.61. The molecule has 0 radical (unpaired) electrons. The smallest absolute Gasteiger partial charge is 0.237 e. The van der Waals surface area contributed by atoms with Crippen LogP contribution in [0.5, 0.6) is 0 Å². The fraction of sp³-hybridized carbons (Fsp3) is 0.294. The Morgan fingerprint density at radius 2 is 1.89 bits per heavy atom. The first-order valence-electron chi connectivity index (χ1n) is 14.9. The molecule has 10 heteroatoms. The van der Waals surface area contributed by atoms with Crippen LogP contribution in [0.25, 0.3) is 5.69 Å². The summed E-state index contributed by atoms with van der Waals surface area (Å²) in [5.74, 6) is 0.964. The zero-order chi connectivity index (χ0) is 30.5. The van der Waals surface area contributed by atoms with Crippen molar-refractivity contribution in [3.8, 4) is 5.69 Å². The SMILES string of the molecule is CCCCc1ccc(-n2c(Cc3cccs3)nnc2SCC(=O)Nc2ncc3c(n2)C[C@@H](c2ccc(C)cc2)CC3=O)cc1. The van der Waals surface area contributed by atoms with Gasteiger partial charge in [-0.2, -0.15) is 0 Å². The number of fused-ring (bicyclic) bond motifs is 1. The molecule has 3 heterocycles. The van der Waals surface area contributed by atoms with Gasteiger partial charge in [-0.3, -0.25) is 19.5 Å². The molecular weight excluding hydrogens is 589 g/mol. The highest BCUT2D eigenvalue weighted by molar-refractivity contribution is 7.99. The Kier molecular flexibility index (Phi) is 9.28. The Hall–Kier alpha value is -4.15. The summed E-state index contributed by atoms with van der Waals surface area (Å²) in [4.78, 5) is 36.0. The second-order valence-electron chi connectivity index (χ2n) is 11.1. The molecule has 5 aromatic rings. The summed E-state index contributed by atoms with van der Waals surface area (Å²) in [6.45, 7) is 4.24. The van der Waals surface area contributed by atoms with E-state index >= 15 is 0 Å². The van der Waals surface area contributed by atoms with Gasteiger partial charge in [0.15, 0.2) is 10.9 Å². The Morgan fingerprint density at radius 3 is 2.64 bits per heavy atom. The Balaban J connectivity index is 1.16. The summed E-state index contributed by atoms with van der Waals surface area (Å²) in [7, 11) is 0. The van der Waals surface area contributed by atoms with Gasteiger partial charge in [-0.15, -0.1) is 21.5 Å². The number of rotatable bonds is 11. The Morgan fingerprint density at radius 1 is 1.07 bits per heavy atom. The highest BCUT2D eigenvalue weighted by atomic mass is 32.2. The van der Waals surface area contributed by atoms with Gasteiger partial charge in [0.05, 0.1) is 17.0 Å².